The van der Waals surface area contributed by atoms with E-state index in [-0.39, 0.29) is 0 Å². The van der Waals surface area contributed by atoms with Crippen molar-refractivity contribution >= 4 is 21.8 Å². The maximum atomic E-state index is 4.77. The standard InChI is InChI=1S/C34H22N4/c1-3-19-35-31(5-1)25-11-7-23(8-12-25)27-17-21-37-33-29(27)15-16-30-28(18-22-38-34(30)33)24-9-13-26(14-10-24)32-6-2-4-20-36-32/h1-22H. The molecule has 7 aromatic rings. The lowest BCUT2D eigenvalue weighted by Crippen LogP contribution is -1.91. The monoisotopic (exact) mass is 486 g/mol. The first-order chi connectivity index (χ1) is 18.8. The summed E-state index contributed by atoms with van der Waals surface area (Å²) in [4.78, 5) is 18.5. The summed E-state index contributed by atoms with van der Waals surface area (Å²) in [6, 6.07) is 37.5. The smallest absolute Gasteiger partial charge is 0.0970 e. The fourth-order valence-electron chi connectivity index (χ4n) is 5.04. The Labute approximate surface area is 220 Å². The number of benzene rings is 3. The Morgan fingerprint density at radius 1 is 0.316 bits per heavy atom. The van der Waals surface area contributed by atoms with Crippen LogP contribution in [0.3, 0.4) is 0 Å². The number of rotatable bonds is 4. The maximum Gasteiger partial charge on any atom is 0.0970 e. The summed E-state index contributed by atoms with van der Waals surface area (Å²) in [7, 11) is 0. The zero-order valence-corrected chi connectivity index (χ0v) is 20.5. The maximum absolute atomic E-state index is 4.77. The summed E-state index contributed by atoms with van der Waals surface area (Å²) in [6.07, 6.45) is 7.39. The highest BCUT2D eigenvalue weighted by molar-refractivity contribution is 6.11. The van der Waals surface area contributed by atoms with Crippen LogP contribution in [0.1, 0.15) is 0 Å². The van der Waals surface area contributed by atoms with Gasteiger partial charge < -0.3 is 0 Å². The van der Waals surface area contributed by atoms with E-state index in [2.05, 4.69) is 82.8 Å². The highest BCUT2D eigenvalue weighted by atomic mass is 14.7. The molecule has 38 heavy (non-hydrogen) atoms. The molecule has 0 saturated carbocycles. The van der Waals surface area contributed by atoms with Crippen LogP contribution in [0.25, 0.3) is 66.6 Å². The Bertz CT molecular complexity index is 1740. The van der Waals surface area contributed by atoms with E-state index in [0.29, 0.717) is 0 Å². The van der Waals surface area contributed by atoms with E-state index in [1.165, 1.54) is 0 Å². The van der Waals surface area contributed by atoms with Crippen LogP contribution in [0, 0.1) is 0 Å². The lowest BCUT2D eigenvalue weighted by Gasteiger charge is -2.12. The summed E-state index contributed by atoms with van der Waals surface area (Å²) < 4.78 is 0. The van der Waals surface area contributed by atoms with Crippen LogP contribution < -0.4 is 0 Å². The number of hydrogen-bond donors (Lipinski definition) is 0. The van der Waals surface area contributed by atoms with Crippen LogP contribution in [0.4, 0.5) is 0 Å². The van der Waals surface area contributed by atoms with Crippen molar-refractivity contribution in [2.24, 2.45) is 0 Å². The van der Waals surface area contributed by atoms with Crippen molar-refractivity contribution in [3.63, 3.8) is 0 Å². The molecule has 0 fully saturated rings. The molecule has 4 nitrogen and oxygen atoms in total. The second-order valence-corrected chi connectivity index (χ2v) is 9.16. The molecule has 4 heterocycles. The number of pyridine rings is 4. The van der Waals surface area contributed by atoms with Crippen LogP contribution >= 0.6 is 0 Å². The highest BCUT2D eigenvalue weighted by Gasteiger charge is 2.12. The molecule has 3 aromatic carbocycles. The molecule has 178 valence electrons. The molecule has 0 amide bonds. The Morgan fingerprint density at radius 2 is 0.737 bits per heavy atom. The molecule has 0 aliphatic carbocycles. The van der Waals surface area contributed by atoms with E-state index in [9.17, 15) is 0 Å². The predicted octanol–water partition coefficient (Wildman–Crippen LogP) is 8.24. The van der Waals surface area contributed by atoms with E-state index in [1.54, 1.807) is 0 Å². The number of fused-ring (bicyclic) bond motifs is 3. The quantitative estimate of drug-likeness (QED) is 0.235. The van der Waals surface area contributed by atoms with Gasteiger partial charge in [-0.2, -0.15) is 0 Å². The van der Waals surface area contributed by atoms with Gasteiger partial charge in [-0.25, -0.2) is 0 Å². The molecule has 0 aliphatic rings. The Kier molecular flexibility index (Phi) is 5.41. The van der Waals surface area contributed by atoms with Gasteiger partial charge in [-0.05, 0) is 58.7 Å². The second kappa shape index (κ2) is 9.34. The molecule has 0 aliphatic heterocycles. The van der Waals surface area contributed by atoms with Crippen LogP contribution in [-0.2, 0) is 0 Å². The van der Waals surface area contributed by atoms with Gasteiger partial charge in [0.2, 0.25) is 0 Å². The van der Waals surface area contributed by atoms with Crippen molar-refractivity contribution in [2.75, 3.05) is 0 Å². The highest BCUT2D eigenvalue weighted by Crippen LogP contribution is 2.36. The zero-order chi connectivity index (χ0) is 25.3. The van der Waals surface area contributed by atoms with Gasteiger partial charge >= 0.3 is 0 Å². The minimum atomic E-state index is 0.903. The van der Waals surface area contributed by atoms with E-state index in [4.69, 9.17) is 9.97 Å². The largest absolute Gasteiger partial charge is 0.256 e. The van der Waals surface area contributed by atoms with Gasteiger partial charge in [-0.3, -0.25) is 19.9 Å². The fraction of sp³-hybridized carbons (Fsp3) is 0. The van der Waals surface area contributed by atoms with Crippen molar-refractivity contribution < 1.29 is 0 Å². The lowest BCUT2D eigenvalue weighted by atomic mass is 9.95. The molecule has 0 unspecified atom stereocenters. The first kappa shape index (κ1) is 22.0. The summed E-state index contributed by atoms with van der Waals surface area (Å²) in [5.41, 5.74) is 10.5. The minimum absolute atomic E-state index is 0.903. The molecule has 0 bridgehead atoms. The van der Waals surface area contributed by atoms with E-state index in [0.717, 1.165) is 66.6 Å². The van der Waals surface area contributed by atoms with E-state index in [1.807, 2.05) is 61.2 Å². The zero-order valence-electron chi connectivity index (χ0n) is 20.5. The third kappa shape index (κ3) is 3.89. The second-order valence-electron chi connectivity index (χ2n) is 9.16. The number of hydrogen-bond acceptors (Lipinski definition) is 4. The molecule has 0 saturated heterocycles. The number of aromatic nitrogens is 4. The molecule has 4 aromatic heterocycles. The summed E-state index contributed by atoms with van der Waals surface area (Å²) in [5, 5.41) is 2.17. The summed E-state index contributed by atoms with van der Waals surface area (Å²) in [5.74, 6) is 0. The van der Waals surface area contributed by atoms with E-state index >= 15 is 0 Å². The van der Waals surface area contributed by atoms with Crippen molar-refractivity contribution in [3.8, 4) is 44.8 Å². The first-order valence-corrected chi connectivity index (χ1v) is 12.6. The average Bonchev–Trinajstić information content (AvgIpc) is 3.01. The van der Waals surface area contributed by atoms with Crippen LogP contribution in [-0.4, -0.2) is 19.9 Å². The van der Waals surface area contributed by atoms with Crippen molar-refractivity contribution in [2.45, 2.75) is 0 Å². The minimum Gasteiger partial charge on any atom is -0.256 e. The van der Waals surface area contributed by atoms with E-state index < -0.39 is 0 Å². The van der Waals surface area contributed by atoms with Crippen molar-refractivity contribution in [1.82, 2.24) is 19.9 Å². The van der Waals surface area contributed by atoms with Gasteiger partial charge in [0.1, 0.15) is 0 Å². The third-order valence-corrected chi connectivity index (χ3v) is 6.93. The molecule has 0 radical (unpaired) electrons. The SMILES string of the molecule is c1ccc(-c2ccc(-c3ccnc4c3ccc3c(-c5ccc(-c6ccccn6)cc5)ccnc34)cc2)nc1. The normalized spacial score (nSPS) is 11.2. The summed E-state index contributed by atoms with van der Waals surface area (Å²) >= 11 is 0. The molecule has 0 spiro atoms. The van der Waals surface area contributed by atoms with Crippen molar-refractivity contribution in [1.29, 1.82) is 0 Å². The lowest BCUT2D eigenvalue weighted by molar-refractivity contribution is 1.33. The van der Waals surface area contributed by atoms with Gasteiger partial charge in [0.15, 0.2) is 0 Å². The topological polar surface area (TPSA) is 51.6 Å². The van der Waals surface area contributed by atoms with Crippen LogP contribution in [0.5, 0.6) is 0 Å². The predicted molar refractivity (Wildman–Crippen MR) is 154 cm³/mol. The van der Waals surface area contributed by atoms with Gasteiger partial charge in [0.25, 0.3) is 0 Å². The first-order valence-electron chi connectivity index (χ1n) is 12.6. The average molecular weight is 487 g/mol. The molecule has 7 rings (SSSR count). The van der Waals surface area contributed by atoms with Gasteiger partial charge in [0.05, 0.1) is 22.4 Å². The molecular formula is C34H22N4. The molecular weight excluding hydrogens is 464 g/mol. The summed E-state index contributed by atoms with van der Waals surface area (Å²) in [6.45, 7) is 0. The van der Waals surface area contributed by atoms with Crippen molar-refractivity contribution in [3.05, 3.63) is 134 Å². The Balaban J connectivity index is 1.30. The van der Waals surface area contributed by atoms with Gasteiger partial charge in [-0.1, -0.05) is 72.8 Å². The number of nitrogens with zero attached hydrogens (tertiary/aromatic N) is 4. The fourth-order valence-corrected chi connectivity index (χ4v) is 5.04. The molecule has 4 heteroatoms. The molecule has 0 N–H and O–H groups in total. The van der Waals surface area contributed by atoms with Gasteiger partial charge in [0, 0.05) is 46.7 Å². The van der Waals surface area contributed by atoms with Gasteiger partial charge in [-0.15, -0.1) is 0 Å². The van der Waals surface area contributed by atoms with Crippen LogP contribution in [0.15, 0.2) is 134 Å². The molecule has 0 atom stereocenters. The van der Waals surface area contributed by atoms with Crippen LogP contribution in [0.2, 0.25) is 0 Å². The third-order valence-electron chi connectivity index (χ3n) is 6.93. The Hall–Kier alpha value is -5.22. The Morgan fingerprint density at radius 3 is 1.13 bits per heavy atom.